The summed E-state index contributed by atoms with van der Waals surface area (Å²) in [6, 6.07) is 13.0. The van der Waals surface area contributed by atoms with Crippen molar-refractivity contribution in [3.8, 4) is 17.3 Å². The Labute approximate surface area is 152 Å². The van der Waals surface area contributed by atoms with Crippen LogP contribution in [0.15, 0.2) is 63.1 Å². The van der Waals surface area contributed by atoms with Gasteiger partial charge in [-0.2, -0.15) is 0 Å². The molecular formula is C18H14ClN3O4. The molecule has 0 spiro atoms. The van der Waals surface area contributed by atoms with E-state index in [4.69, 9.17) is 16.3 Å². The molecule has 8 heteroatoms. The van der Waals surface area contributed by atoms with Gasteiger partial charge in [-0.05, 0) is 48.5 Å². The maximum absolute atomic E-state index is 12.1. The fourth-order valence-electron chi connectivity index (χ4n) is 2.29. The monoisotopic (exact) mass is 371 g/mol. The van der Waals surface area contributed by atoms with E-state index in [1.165, 1.54) is 13.3 Å². The molecule has 0 saturated heterocycles. The number of hydrogen-bond donors (Lipinski definition) is 2. The summed E-state index contributed by atoms with van der Waals surface area (Å²) in [7, 11) is 1.52. The standard InChI is InChI=1S/C18H14ClN3O4/c1-26-14-8-6-13(7-9-14)22-17(24)15(16(23)21-18(22)25)10-20-12-4-2-11(19)3-5-12/h2-10,24H,1H3,(H,21,23,25). The van der Waals surface area contributed by atoms with Gasteiger partial charge >= 0.3 is 5.69 Å². The Morgan fingerprint density at radius 1 is 1.12 bits per heavy atom. The molecule has 0 radical (unpaired) electrons. The minimum absolute atomic E-state index is 0.143. The SMILES string of the molecule is COc1ccc(-n2c(O)c(C=Nc3ccc(Cl)cc3)c(=O)[nH]c2=O)cc1. The summed E-state index contributed by atoms with van der Waals surface area (Å²) in [6.07, 6.45) is 1.19. The van der Waals surface area contributed by atoms with Crippen LogP contribution in [0, 0.1) is 0 Å². The van der Waals surface area contributed by atoms with E-state index in [-0.39, 0.29) is 5.56 Å². The molecule has 132 valence electrons. The van der Waals surface area contributed by atoms with Crippen molar-refractivity contribution in [1.29, 1.82) is 0 Å². The average molecular weight is 372 g/mol. The van der Waals surface area contributed by atoms with Crippen molar-refractivity contribution in [3.63, 3.8) is 0 Å². The van der Waals surface area contributed by atoms with Crippen LogP contribution >= 0.6 is 11.6 Å². The fourth-order valence-corrected chi connectivity index (χ4v) is 2.42. The third-order valence-electron chi connectivity index (χ3n) is 3.62. The zero-order chi connectivity index (χ0) is 18.7. The first-order valence-corrected chi connectivity index (χ1v) is 7.90. The summed E-state index contributed by atoms with van der Waals surface area (Å²) in [5.41, 5.74) is -0.743. The molecule has 2 aromatic carbocycles. The molecule has 0 amide bonds. The van der Waals surface area contributed by atoms with Crippen LogP contribution in [0.1, 0.15) is 5.56 Å². The summed E-state index contributed by atoms with van der Waals surface area (Å²) in [6.45, 7) is 0. The normalized spacial score (nSPS) is 11.0. The number of aromatic nitrogens is 2. The van der Waals surface area contributed by atoms with Gasteiger partial charge in [0.1, 0.15) is 11.3 Å². The first-order valence-electron chi connectivity index (χ1n) is 7.52. The molecule has 0 aliphatic rings. The molecule has 1 aromatic heterocycles. The van der Waals surface area contributed by atoms with Crippen LogP contribution in [0.25, 0.3) is 5.69 Å². The first kappa shape index (κ1) is 17.5. The molecule has 3 rings (SSSR count). The number of aromatic amines is 1. The molecular weight excluding hydrogens is 358 g/mol. The van der Waals surface area contributed by atoms with Crippen molar-refractivity contribution in [2.24, 2.45) is 4.99 Å². The number of methoxy groups -OCH3 is 1. The van der Waals surface area contributed by atoms with E-state index in [9.17, 15) is 14.7 Å². The zero-order valence-corrected chi connectivity index (χ0v) is 14.4. The number of benzene rings is 2. The minimum Gasteiger partial charge on any atom is -0.497 e. The Morgan fingerprint density at radius 3 is 2.38 bits per heavy atom. The molecule has 0 bridgehead atoms. The van der Waals surface area contributed by atoms with Gasteiger partial charge in [0.25, 0.3) is 5.56 Å². The predicted octanol–water partition coefficient (Wildman–Crippen LogP) is 2.64. The van der Waals surface area contributed by atoms with Gasteiger partial charge in [0.05, 0.1) is 18.5 Å². The van der Waals surface area contributed by atoms with Crippen LogP contribution < -0.4 is 16.0 Å². The van der Waals surface area contributed by atoms with E-state index in [1.54, 1.807) is 48.5 Å². The van der Waals surface area contributed by atoms with Crippen molar-refractivity contribution in [1.82, 2.24) is 9.55 Å². The molecule has 7 nitrogen and oxygen atoms in total. The van der Waals surface area contributed by atoms with E-state index >= 15 is 0 Å². The number of H-pyrrole nitrogens is 1. The number of rotatable bonds is 4. The summed E-state index contributed by atoms with van der Waals surface area (Å²) >= 11 is 5.81. The smallest absolute Gasteiger partial charge is 0.335 e. The summed E-state index contributed by atoms with van der Waals surface area (Å²) < 4.78 is 6.04. The summed E-state index contributed by atoms with van der Waals surface area (Å²) in [4.78, 5) is 30.5. The highest BCUT2D eigenvalue weighted by molar-refractivity contribution is 6.30. The van der Waals surface area contributed by atoms with Gasteiger partial charge in [-0.1, -0.05) is 11.6 Å². The Kier molecular flexibility index (Phi) is 4.90. The van der Waals surface area contributed by atoms with Gasteiger partial charge < -0.3 is 9.84 Å². The lowest BCUT2D eigenvalue weighted by Crippen LogP contribution is -2.31. The lowest BCUT2D eigenvalue weighted by atomic mass is 10.2. The van der Waals surface area contributed by atoms with Crippen LogP contribution in [0.3, 0.4) is 0 Å². The molecule has 0 aliphatic carbocycles. The maximum Gasteiger partial charge on any atom is 0.335 e. The van der Waals surface area contributed by atoms with Crippen LogP contribution in [-0.2, 0) is 0 Å². The van der Waals surface area contributed by atoms with Gasteiger partial charge in [0, 0.05) is 11.2 Å². The average Bonchev–Trinajstić information content (AvgIpc) is 2.63. The third-order valence-corrected chi connectivity index (χ3v) is 3.87. The second-order valence-electron chi connectivity index (χ2n) is 5.26. The fraction of sp³-hybridized carbons (Fsp3) is 0.0556. The number of aromatic hydroxyl groups is 1. The van der Waals surface area contributed by atoms with Crippen LogP contribution in [0.2, 0.25) is 5.02 Å². The van der Waals surface area contributed by atoms with E-state index in [2.05, 4.69) is 9.98 Å². The number of nitrogens with zero attached hydrogens (tertiary/aromatic N) is 2. The largest absolute Gasteiger partial charge is 0.497 e. The van der Waals surface area contributed by atoms with E-state index in [0.29, 0.717) is 22.1 Å². The lowest BCUT2D eigenvalue weighted by molar-refractivity contribution is 0.414. The molecule has 0 unspecified atom stereocenters. The summed E-state index contributed by atoms with van der Waals surface area (Å²) in [5, 5.41) is 11.0. The van der Waals surface area contributed by atoms with E-state index < -0.39 is 17.1 Å². The molecule has 0 aliphatic heterocycles. The molecule has 0 fully saturated rings. The van der Waals surface area contributed by atoms with Crippen molar-refractivity contribution < 1.29 is 9.84 Å². The van der Waals surface area contributed by atoms with Gasteiger partial charge in [0.15, 0.2) is 0 Å². The highest BCUT2D eigenvalue weighted by Crippen LogP contribution is 2.20. The van der Waals surface area contributed by atoms with Crippen molar-refractivity contribution >= 4 is 23.5 Å². The molecule has 2 N–H and O–H groups in total. The Bertz CT molecular complexity index is 1070. The number of aliphatic imine (C=N–C) groups is 1. The molecule has 26 heavy (non-hydrogen) atoms. The number of halogens is 1. The Balaban J connectivity index is 2.07. The third kappa shape index (κ3) is 3.52. The topological polar surface area (TPSA) is 96.7 Å². The molecule has 1 heterocycles. The van der Waals surface area contributed by atoms with Crippen LogP contribution in [-0.4, -0.2) is 28.0 Å². The van der Waals surface area contributed by atoms with Gasteiger partial charge in [0.2, 0.25) is 5.88 Å². The minimum atomic E-state index is -0.763. The maximum atomic E-state index is 12.1. The summed E-state index contributed by atoms with van der Waals surface area (Å²) in [5.74, 6) is 0.0804. The van der Waals surface area contributed by atoms with Gasteiger partial charge in [-0.3, -0.25) is 14.8 Å². The predicted molar refractivity (Wildman–Crippen MR) is 99.6 cm³/mol. The van der Waals surface area contributed by atoms with Crippen molar-refractivity contribution in [2.75, 3.05) is 7.11 Å². The van der Waals surface area contributed by atoms with Crippen molar-refractivity contribution in [2.45, 2.75) is 0 Å². The van der Waals surface area contributed by atoms with E-state index in [0.717, 1.165) is 4.57 Å². The zero-order valence-electron chi connectivity index (χ0n) is 13.6. The number of hydrogen-bond acceptors (Lipinski definition) is 5. The van der Waals surface area contributed by atoms with Crippen LogP contribution in [0.5, 0.6) is 11.6 Å². The van der Waals surface area contributed by atoms with Gasteiger partial charge in [-0.15, -0.1) is 0 Å². The van der Waals surface area contributed by atoms with Gasteiger partial charge in [-0.25, -0.2) is 9.36 Å². The number of ether oxygens (including phenoxy) is 1. The highest BCUT2D eigenvalue weighted by atomic mass is 35.5. The quantitative estimate of drug-likeness (QED) is 0.689. The molecule has 3 aromatic rings. The molecule has 0 atom stereocenters. The second kappa shape index (κ2) is 7.28. The highest BCUT2D eigenvalue weighted by Gasteiger charge is 2.14. The van der Waals surface area contributed by atoms with Crippen LogP contribution in [0.4, 0.5) is 5.69 Å². The molecule has 0 saturated carbocycles. The Hall–Kier alpha value is -3.32. The Morgan fingerprint density at radius 2 is 1.77 bits per heavy atom. The second-order valence-corrected chi connectivity index (χ2v) is 5.70. The van der Waals surface area contributed by atoms with Crippen molar-refractivity contribution in [3.05, 3.63) is 80.0 Å². The van der Waals surface area contributed by atoms with E-state index in [1.807, 2.05) is 0 Å². The number of nitrogens with one attached hydrogen (secondary N) is 1. The first-order chi connectivity index (χ1) is 12.5. The lowest BCUT2D eigenvalue weighted by Gasteiger charge is -2.10.